The van der Waals surface area contributed by atoms with E-state index in [1.165, 1.54) is 11.8 Å². The predicted octanol–water partition coefficient (Wildman–Crippen LogP) is 4.64. The zero-order chi connectivity index (χ0) is 19.7. The molecule has 0 saturated carbocycles. The topological polar surface area (TPSA) is 86.9 Å². The Kier molecular flexibility index (Phi) is 5.23. The highest BCUT2D eigenvalue weighted by atomic mass is 35.5. The van der Waals surface area contributed by atoms with Crippen molar-refractivity contribution in [1.29, 1.82) is 0 Å². The standard InChI is InChI=1S/C19H17ClN4O3S/c1-11(2)9-24-18(25)13-8-12(20)5-6-14(13)21-19(24)28-10-16-22-23-17(27-16)15-4-3-7-26-15/h3-8,11H,9-10H2,1-2H3. The molecule has 9 heteroatoms. The third kappa shape index (κ3) is 3.83. The van der Waals surface area contributed by atoms with Gasteiger partial charge in [0.05, 0.1) is 22.9 Å². The van der Waals surface area contributed by atoms with E-state index in [4.69, 9.17) is 20.4 Å². The maximum atomic E-state index is 13.0. The molecule has 0 radical (unpaired) electrons. The van der Waals surface area contributed by atoms with Crippen molar-refractivity contribution in [3.63, 3.8) is 0 Å². The first kappa shape index (κ1) is 18.8. The van der Waals surface area contributed by atoms with Gasteiger partial charge in [-0.15, -0.1) is 10.2 Å². The molecule has 3 aromatic heterocycles. The van der Waals surface area contributed by atoms with Crippen LogP contribution >= 0.6 is 23.4 Å². The number of aromatic nitrogens is 4. The summed E-state index contributed by atoms with van der Waals surface area (Å²) < 4.78 is 12.6. The van der Waals surface area contributed by atoms with Crippen LogP contribution in [0.5, 0.6) is 0 Å². The van der Waals surface area contributed by atoms with E-state index in [1.54, 1.807) is 41.2 Å². The number of nitrogens with zero attached hydrogens (tertiary/aromatic N) is 4. The van der Waals surface area contributed by atoms with Crippen molar-refractivity contribution >= 4 is 34.3 Å². The molecule has 0 aliphatic rings. The van der Waals surface area contributed by atoms with Crippen molar-refractivity contribution in [3.8, 4) is 11.7 Å². The summed E-state index contributed by atoms with van der Waals surface area (Å²) in [5.41, 5.74) is 0.504. The molecule has 144 valence electrons. The fourth-order valence-corrected chi connectivity index (χ4v) is 3.76. The summed E-state index contributed by atoms with van der Waals surface area (Å²) in [6.07, 6.45) is 1.55. The summed E-state index contributed by atoms with van der Waals surface area (Å²) in [6, 6.07) is 8.64. The van der Waals surface area contributed by atoms with Crippen LogP contribution in [-0.4, -0.2) is 19.7 Å². The lowest BCUT2D eigenvalue weighted by atomic mass is 10.2. The van der Waals surface area contributed by atoms with Gasteiger partial charge in [0.15, 0.2) is 10.9 Å². The molecule has 0 N–H and O–H groups in total. The number of halogens is 1. The number of fused-ring (bicyclic) bond motifs is 1. The lowest BCUT2D eigenvalue weighted by Gasteiger charge is -2.14. The Hall–Kier alpha value is -2.58. The second kappa shape index (κ2) is 7.81. The molecule has 0 spiro atoms. The highest BCUT2D eigenvalue weighted by Crippen LogP contribution is 2.25. The molecule has 0 aliphatic carbocycles. The van der Waals surface area contributed by atoms with Crippen LogP contribution in [-0.2, 0) is 12.3 Å². The van der Waals surface area contributed by atoms with Gasteiger partial charge in [0.25, 0.3) is 11.4 Å². The Bertz CT molecular complexity index is 1170. The molecule has 0 fully saturated rings. The lowest BCUT2D eigenvalue weighted by molar-refractivity contribution is 0.474. The zero-order valence-electron chi connectivity index (χ0n) is 15.3. The monoisotopic (exact) mass is 416 g/mol. The summed E-state index contributed by atoms with van der Waals surface area (Å²) in [6.45, 7) is 4.66. The molecular formula is C19H17ClN4O3S. The van der Waals surface area contributed by atoms with Gasteiger partial charge in [0, 0.05) is 11.6 Å². The smallest absolute Gasteiger partial charge is 0.283 e. The van der Waals surface area contributed by atoms with Crippen LogP contribution in [0.15, 0.2) is 55.4 Å². The molecule has 3 heterocycles. The van der Waals surface area contributed by atoms with Gasteiger partial charge in [-0.1, -0.05) is 37.2 Å². The first-order valence-corrected chi connectivity index (χ1v) is 10.1. The summed E-state index contributed by atoms with van der Waals surface area (Å²) in [4.78, 5) is 17.7. The quantitative estimate of drug-likeness (QED) is 0.334. The number of hydrogen-bond donors (Lipinski definition) is 0. The van der Waals surface area contributed by atoms with Gasteiger partial charge in [-0.2, -0.15) is 0 Å². The van der Waals surface area contributed by atoms with E-state index >= 15 is 0 Å². The maximum Gasteiger partial charge on any atom is 0.283 e. The van der Waals surface area contributed by atoms with Crippen LogP contribution in [0.1, 0.15) is 19.7 Å². The van der Waals surface area contributed by atoms with Crippen molar-refractivity contribution in [3.05, 3.63) is 57.9 Å². The summed E-state index contributed by atoms with van der Waals surface area (Å²) in [7, 11) is 0. The van der Waals surface area contributed by atoms with E-state index in [2.05, 4.69) is 29.0 Å². The maximum absolute atomic E-state index is 13.0. The number of thioether (sulfide) groups is 1. The Labute approximate surface area is 169 Å². The Morgan fingerprint density at radius 3 is 2.86 bits per heavy atom. The molecule has 1 aromatic carbocycles. The zero-order valence-corrected chi connectivity index (χ0v) is 16.8. The first-order valence-electron chi connectivity index (χ1n) is 8.70. The highest BCUT2D eigenvalue weighted by Gasteiger charge is 2.16. The van der Waals surface area contributed by atoms with Crippen molar-refractivity contribution in [2.24, 2.45) is 5.92 Å². The molecule has 28 heavy (non-hydrogen) atoms. The predicted molar refractivity (Wildman–Crippen MR) is 107 cm³/mol. The number of furan rings is 1. The fraction of sp³-hybridized carbons (Fsp3) is 0.263. The van der Waals surface area contributed by atoms with Gasteiger partial charge in [-0.3, -0.25) is 9.36 Å². The lowest BCUT2D eigenvalue weighted by Crippen LogP contribution is -2.25. The third-order valence-corrected chi connectivity index (χ3v) is 5.15. The second-order valence-electron chi connectivity index (χ2n) is 6.63. The molecule has 7 nitrogen and oxygen atoms in total. The second-order valence-corrected chi connectivity index (χ2v) is 8.01. The van der Waals surface area contributed by atoms with E-state index in [0.29, 0.717) is 50.9 Å². The largest absolute Gasteiger partial charge is 0.459 e. The Balaban J connectivity index is 1.65. The SMILES string of the molecule is CC(C)Cn1c(SCc2nnc(-c3ccco3)o2)nc2ccc(Cl)cc2c1=O. The van der Waals surface area contributed by atoms with E-state index < -0.39 is 0 Å². The molecule has 0 saturated heterocycles. The van der Waals surface area contributed by atoms with Gasteiger partial charge in [0.1, 0.15) is 0 Å². The number of benzene rings is 1. The van der Waals surface area contributed by atoms with Crippen molar-refractivity contribution in [1.82, 2.24) is 19.7 Å². The average molecular weight is 417 g/mol. The molecule has 0 bridgehead atoms. The van der Waals surface area contributed by atoms with Gasteiger partial charge >= 0.3 is 0 Å². The molecular weight excluding hydrogens is 400 g/mol. The van der Waals surface area contributed by atoms with Gasteiger partial charge in [0.2, 0.25) is 5.89 Å². The Morgan fingerprint density at radius 1 is 1.25 bits per heavy atom. The third-order valence-electron chi connectivity index (χ3n) is 3.95. The fourth-order valence-electron chi connectivity index (χ4n) is 2.75. The molecule has 0 unspecified atom stereocenters. The van der Waals surface area contributed by atoms with Gasteiger partial charge in [-0.25, -0.2) is 4.98 Å². The van der Waals surface area contributed by atoms with Crippen LogP contribution in [0.4, 0.5) is 0 Å². The minimum atomic E-state index is -0.106. The summed E-state index contributed by atoms with van der Waals surface area (Å²) in [5, 5.41) is 9.66. The first-order chi connectivity index (χ1) is 13.5. The van der Waals surface area contributed by atoms with E-state index in [1.807, 2.05) is 0 Å². The van der Waals surface area contributed by atoms with Crippen molar-refractivity contribution in [2.75, 3.05) is 0 Å². The summed E-state index contributed by atoms with van der Waals surface area (Å²) in [5.74, 6) is 1.93. The molecule has 0 atom stereocenters. The van der Waals surface area contributed by atoms with Crippen molar-refractivity contribution < 1.29 is 8.83 Å². The molecule has 0 amide bonds. The molecule has 4 rings (SSSR count). The molecule has 0 aliphatic heterocycles. The Morgan fingerprint density at radius 2 is 2.11 bits per heavy atom. The average Bonchev–Trinajstić information content (AvgIpc) is 3.34. The molecule has 4 aromatic rings. The summed E-state index contributed by atoms with van der Waals surface area (Å²) >= 11 is 7.44. The van der Waals surface area contributed by atoms with E-state index in [9.17, 15) is 4.79 Å². The normalized spacial score (nSPS) is 11.6. The number of hydrogen-bond acceptors (Lipinski definition) is 7. The van der Waals surface area contributed by atoms with Crippen molar-refractivity contribution in [2.45, 2.75) is 31.3 Å². The van der Waals surface area contributed by atoms with Crippen LogP contribution in [0.3, 0.4) is 0 Å². The van der Waals surface area contributed by atoms with Gasteiger partial charge < -0.3 is 8.83 Å². The van der Waals surface area contributed by atoms with E-state index in [-0.39, 0.29) is 11.5 Å². The van der Waals surface area contributed by atoms with Gasteiger partial charge in [-0.05, 0) is 36.2 Å². The highest BCUT2D eigenvalue weighted by molar-refractivity contribution is 7.98. The minimum absolute atomic E-state index is 0.106. The van der Waals surface area contributed by atoms with Crippen LogP contribution in [0.2, 0.25) is 5.02 Å². The minimum Gasteiger partial charge on any atom is -0.459 e. The van der Waals surface area contributed by atoms with Crippen LogP contribution in [0.25, 0.3) is 22.6 Å². The van der Waals surface area contributed by atoms with Crippen LogP contribution < -0.4 is 5.56 Å². The van der Waals surface area contributed by atoms with E-state index in [0.717, 1.165) is 0 Å². The van der Waals surface area contributed by atoms with Crippen LogP contribution in [0, 0.1) is 5.92 Å². The number of rotatable bonds is 6.